The molecule has 4 nitrogen and oxygen atoms in total. The molecule has 0 aromatic heterocycles. The van der Waals surface area contributed by atoms with E-state index in [1.807, 2.05) is 18.2 Å². The highest BCUT2D eigenvalue weighted by Gasteiger charge is 2.25. The largest absolute Gasteiger partial charge is 0.463 e. The van der Waals surface area contributed by atoms with E-state index in [9.17, 15) is 4.79 Å². The summed E-state index contributed by atoms with van der Waals surface area (Å²) in [6.07, 6.45) is 5.52. The maximum absolute atomic E-state index is 11.5. The van der Waals surface area contributed by atoms with Gasteiger partial charge >= 0.3 is 5.97 Å². The number of epoxide rings is 1. The fraction of sp³-hybridized carbons (Fsp3) is 0.500. The number of rotatable bonds is 9. The van der Waals surface area contributed by atoms with Crippen LogP contribution in [-0.2, 0) is 19.0 Å². The van der Waals surface area contributed by atoms with Crippen molar-refractivity contribution in [2.45, 2.75) is 38.9 Å². The Kier molecular flexibility index (Phi) is 6.62. The van der Waals surface area contributed by atoms with Gasteiger partial charge in [-0.2, -0.15) is 0 Å². The first-order valence-electron chi connectivity index (χ1n) is 7.91. The molecule has 1 heterocycles. The number of benzene rings is 1. The lowest BCUT2D eigenvalue weighted by Crippen LogP contribution is -2.10. The molecule has 1 aliphatic rings. The van der Waals surface area contributed by atoms with Crippen molar-refractivity contribution >= 4 is 12.0 Å². The van der Waals surface area contributed by atoms with Crippen molar-refractivity contribution in [3.8, 4) is 0 Å². The standard InChI is InChI=1S/C18H24O4/c1-3-7-17(22-13-15-12-21-15)16-9-6-5-8-14(16)10-11-18(19)20-4-2/h5-6,8-11,15,17H,3-4,7,12-13H2,1-2H3/b11-10+/t15-,17-/m1/s1. The zero-order chi connectivity index (χ0) is 15.8. The molecule has 1 aliphatic heterocycles. The fourth-order valence-electron chi connectivity index (χ4n) is 2.28. The summed E-state index contributed by atoms with van der Waals surface area (Å²) < 4.78 is 16.1. The average Bonchev–Trinajstić information content (AvgIpc) is 3.34. The summed E-state index contributed by atoms with van der Waals surface area (Å²) in [5.74, 6) is -0.323. The molecule has 120 valence electrons. The van der Waals surface area contributed by atoms with Gasteiger partial charge in [0.25, 0.3) is 0 Å². The van der Waals surface area contributed by atoms with E-state index in [1.54, 1.807) is 13.0 Å². The molecule has 0 spiro atoms. The summed E-state index contributed by atoms with van der Waals surface area (Å²) in [6, 6.07) is 8.00. The number of hydrogen-bond acceptors (Lipinski definition) is 4. The van der Waals surface area contributed by atoms with Crippen molar-refractivity contribution in [1.82, 2.24) is 0 Å². The van der Waals surface area contributed by atoms with Gasteiger partial charge in [0, 0.05) is 6.08 Å². The van der Waals surface area contributed by atoms with Gasteiger partial charge < -0.3 is 14.2 Å². The second kappa shape index (κ2) is 8.71. The smallest absolute Gasteiger partial charge is 0.330 e. The van der Waals surface area contributed by atoms with Crippen LogP contribution >= 0.6 is 0 Å². The SMILES string of the molecule is CCC[C@@H](OC[C@H]1CO1)c1ccccc1/C=C/C(=O)OCC. The molecule has 0 N–H and O–H groups in total. The van der Waals surface area contributed by atoms with E-state index in [4.69, 9.17) is 14.2 Å². The molecule has 0 radical (unpaired) electrons. The number of carbonyl (C=O) groups excluding carboxylic acids is 1. The zero-order valence-corrected chi connectivity index (χ0v) is 13.3. The minimum absolute atomic E-state index is 0.0252. The number of hydrogen-bond donors (Lipinski definition) is 0. The van der Waals surface area contributed by atoms with Crippen LogP contribution in [0.4, 0.5) is 0 Å². The number of esters is 1. The van der Waals surface area contributed by atoms with Crippen LogP contribution in [0.5, 0.6) is 0 Å². The van der Waals surface area contributed by atoms with E-state index in [-0.39, 0.29) is 18.2 Å². The third kappa shape index (κ3) is 5.28. The molecule has 2 atom stereocenters. The molecule has 1 saturated heterocycles. The number of carbonyl (C=O) groups is 1. The van der Waals surface area contributed by atoms with Gasteiger partial charge in [-0.15, -0.1) is 0 Å². The average molecular weight is 304 g/mol. The summed E-state index contributed by atoms with van der Waals surface area (Å²) >= 11 is 0. The molecule has 0 saturated carbocycles. The molecule has 2 rings (SSSR count). The first-order valence-corrected chi connectivity index (χ1v) is 7.91. The minimum atomic E-state index is -0.323. The van der Waals surface area contributed by atoms with Gasteiger partial charge in [0.1, 0.15) is 6.10 Å². The van der Waals surface area contributed by atoms with E-state index >= 15 is 0 Å². The Morgan fingerprint density at radius 1 is 1.41 bits per heavy atom. The Morgan fingerprint density at radius 3 is 2.86 bits per heavy atom. The lowest BCUT2D eigenvalue weighted by Gasteiger charge is -2.19. The van der Waals surface area contributed by atoms with Crippen LogP contribution < -0.4 is 0 Å². The van der Waals surface area contributed by atoms with Gasteiger partial charge in [0.05, 0.1) is 25.9 Å². The highest BCUT2D eigenvalue weighted by Crippen LogP contribution is 2.28. The van der Waals surface area contributed by atoms with Crippen molar-refractivity contribution in [2.24, 2.45) is 0 Å². The molecule has 1 aromatic carbocycles. The summed E-state index contributed by atoms with van der Waals surface area (Å²) in [5.41, 5.74) is 2.09. The Morgan fingerprint density at radius 2 is 2.18 bits per heavy atom. The number of ether oxygens (including phenoxy) is 3. The van der Waals surface area contributed by atoms with Crippen LogP contribution in [-0.4, -0.2) is 31.9 Å². The van der Waals surface area contributed by atoms with Crippen molar-refractivity contribution in [3.63, 3.8) is 0 Å². The maximum Gasteiger partial charge on any atom is 0.330 e. The molecular formula is C18H24O4. The van der Waals surface area contributed by atoms with Crippen molar-refractivity contribution in [3.05, 3.63) is 41.5 Å². The van der Waals surface area contributed by atoms with Crippen LogP contribution in [0.25, 0.3) is 6.08 Å². The summed E-state index contributed by atoms with van der Waals surface area (Å²) in [7, 11) is 0. The maximum atomic E-state index is 11.5. The first kappa shape index (κ1) is 16.7. The Bertz CT molecular complexity index is 506. The van der Waals surface area contributed by atoms with Gasteiger partial charge in [0.15, 0.2) is 0 Å². The van der Waals surface area contributed by atoms with Gasteiger partial charge in [-0.1, -0.05) is 37.6 Å². The van der Waals surface area contributed by atoms with Gasteiger partial charge in [-0.05, 0) is 30.5 Å². The molecular weight excluding hydrogens is 280 g/mol. The molecule has 0 aliphatic carbocycles. The predicted octanol–water partition coefficient (Wildman–Crippen LogP) is 3.52. The highest BCUT2D eigenvalue weighted by atomic mass is 16.6. The normalized spacial score (nSPS) is 18.4. The van der Waals surface area contributed by atoms with Crippen molar-refractivity contribution < 1.29 is 19.0 Å². The highest BCUT2D eigenvalue weighted by molar-refractivity contribution is 5.87. The monoisotopic (exact) mass is 304 g/mol. The fourth-order valence-corrected chi connectivity index (χ4v) is 2.28. The van der Waals surface area contributed by atoms with E-state index in [1.165, 1.54) is 6.08 Å². The van der Waals surface area contributed by atoms with E-state index in [0.29, 0.717) is 13.2 Å². The molecule has 1 aromatic rings. The molecule has 4 heteroatoms. The summed E-state index contributed by atoms with van der Waals surface area (Å²) in [6.45, 7) is 5.74. The third-order valence-electron chi connectivity index (χ3n) is 3.46. The lowest BCUT2D eigenvalue weighted by atomic mass is 9.98. The molecule has 22 heavy (non-hydrogen) atoms. The Labute approximate surface area is 132 Å². The van der Waals surface area contributed by atoms with Crippen LogP contribution in [0.2, 0.25) is 0 Å². The molecule has 0 bridgehead atoms. The van der Waals surface area contributed by atoms with Crippen molar-refractivity contribution in [1.29, 1.82) is 0 Å². The predicted molar refractivity (Wildman–Crippen MR) is 85.5 cm³/mol. The first-order chi connectivity index (χ1) is 10.7. The third-order valence-corrected chi connectivity index (χ3v) is 3.46. The molecule has 0 unspecified atom stereocenters. The van der Waals surface area contributed by atoms with Crippen LogP contribution in [0, 0.1) is 0 Å². The topological polar surface area (TPSA) is 48.1 Å². The molecule has 1 fully saturated rings. The van der Waals surface area contributed by atoms with Gasteiger partial charge in [0.2, 0.25) is 0 Å². The van der Waals surface area contributed by atoms with Gasteiger partial charge in [-0.3, -0.25) is 0 Å². The Balaban J connectivity index is 2.10. The Hall–Kier alpha value is -1.65. The van der Waals surface area contributed by atoms with Crippen LogP contribution in [0.3, 0.4) is 0 Å². The van der Waals surface area contributed by atoms with E-state index < -0.39 is 0 Å². The summed E-state index contributed by atoms with van der Waals surface area (Å²) in [4.78, 5) is 11.5. The van der Waals surface area contributed by atoms with Crippen LogP contribution in [0.1, 0.15) is 43.9 Å². The second-order valence-corrected chi connectivity index (χ2v) is 5.28. The minimum Gasteiger partial charge on any atom is -0.463 e. The van der Waals surface area contributed by atoms with E-state index in [2.05, 4.69) is 13.0 Å². The molecule has 0 amide bonds. The van der Waals surface area contributed by atoms with E-state index in [0.717, 1.165) is 30.6 Å². The van der Waals surface area contributed by atoms with Gasteiger partial charge in [-0.25, -0.2) is 4.79 Å². The lowest BCUT2D eigenvalue weighted by molar-refractivity contribution is -0.137. The van der Waals surface area contributed by atoms with Crippen molar-refractivity contribution in [2.75, 3.05) is 19.8 Å². The second-order valence-electron chi connectivity index (χ2n) is 5.28. The quantitative estimate of drug-likeness (QED) is 0.398. The zero-order valence-electron chi connectivity index (χ0n) is 13.3. The van der Waals surface area contributed by atoms with Crippen LogP contribution in [0.15, 0.2) is 30.3 Å². The summed E-state index contributed by atoms with van der Waals surface area (Å²) in [5, 5.41) is 0.